The lowest BCUT2D eigenvalue weighted by Gasteiger charge is -2.31. The molecule has 1 heterocycles. The summed E-state index contributed by atoms with van der Waals surface area (Å²) in [4.78, 5) is 13.1. The van der Waals surface area contributed by atoms with Gasteiger partial charge in [0.05, 0.1) is 12.0 Å². The van der Waals surface area contributed by atoms with Crippen LogP contribution in [0.1, 0.15) is 28.8 Å². The van der Waals surface area contributed by atoms with Crippen molar-refractivity contribution in [2.24, 2.45) is 5.92 Å². The second-order valence-electron chi connectivity index (χ2n) is 6.61. The predicted octanol–water partition coefficient (Wildman–Crippen LogP) is 3.29. The van der Waals surface area contributed by atoms with Gasteiger partial charge in [-0.15, -0.1) is 0 Å². The molecule has 1 fully saturated rings. The number of aryl methyl sites for hydroxylation is 1. The highest BCUT2D eigenvalue weighted by Crippen LogP contribution is 2.26. The Morgan fingerprint density at radius 1 is 1.08 bits per heavy atom. The maximum Gasteiger partial charge on any atom is 0.243 e. The average molecular weight is 373 g/mol. The van der Waals surface area contributed by atoms with Crippen LogP contribution in [0.25, 0.3) is 0 Å². The molecule has 0 amide bonds. The van der Waals surface area contributed by atoms with E-state index < -0.39 is 10.0 Å². The minimum Gasteiger partial charge on any atom is -0.497 e. The van der Waals surface area contributed by atoms with Gasteiger partial charge >= 0.3 is 0 Å². The molecular weight excluding hydrogens is 350 g/mol. The normalized spacial score (nSPS) is 18.5. The monoisotopic (exact) mass is 373 g/mol. The Morgan fingerprint density at radius 2 is 1.73 bits per heavy atom. The summed E-state index contributed by atoms with van der Waals surface area (Å²) in [6.45, 7) is 2.59. The maximum atomic E-state index is 12.9. The molecule has 138 valence electrons. The van der Waals surface area contributed by atoms with Gasteiger partial charge in [0.1, 0.15) is 5.75 Å². The summed E-state index contributed by atoms with van der Waals surface area (Å²) in [7, 11) is -2.00. The van der Waals surface area contributed by atoms with Crippen molar-refractivity contribution in [3.8, 4) is 5.75 Å². The second-order valence-corrected chi connectivity index (χ2v) is 8.55. The number of nitrogens with zero attached hydrogens (tertiary/aromatic N) is 1. The van der Waals surface area contributed by atoms with Gasteiger partial charge in [-0.05, 0) is 56.2 Å². The fourth-order valence-electron chi connectivity index (χ4n) is 3.23. The maximum absolute atomic E-state index is 12.9. The predicted molar refractivity (Wildman–Crippen MR) is 100.0 cm³/mol. The fourth-order valence-corrected chi connectivity index (χ4v) is 4.75. The highest BCUT2D eigenvalue weighted by atomic mass is 32.2. The van der Waals surface area contributed by atoms with E-state index in [2.05, 4.69) is 0 Å². The fraction of sp³-hybridized carbons (Fsp3) is 0.350. The van der Waals surface area contributed by atoms with Gasteiger partial charge in [0.15, 0.2) is 5.78 Å². The quantitative estimate of drug-likeness (QED) is 0.755. The molecule has 6 heteroatoms. The number of rotatable bonds is 5. The van der Waals surface area contributed by atoms with Crippen LogP contribution >= 0.6 is 0 Å². The molecular formula is C20H23NO4S. The first-order valence-electron chi connectivity index (χ1n) is 8.67. The van der Waals surface area contributed by atoms with Crippen molar-refractivity contribution >= 4 is 15.8 Å². The Hall–Kier alpha value is -2.18. The van der Waals surface area contributed by atoms with Crippen LogP contribution in [0.4, 0.5) is 0 Å². The van der Waals surface area contributed by atoms with Crippen molar-refractivity contribution in [3.05, 3.63) is 59.7 Å². The summed E-state index contributed by atoms with van der Waals surface area (Å²) in [5.41, 5.74) is 1.60. The SMILES string of the molecule is COc1ccc(C(=O)C2CCCN(S(=O)(=O)c3ccc(C)cc3)C2)cc1. The first-order valence-corrected chi connectivity index (χ1v) is 10.1. The van der Waals surface area contributed by atoms with Crippen LogP contribution in [0, 0.1) is 12.8 Å². The molecule has 1 unspecified atom stereocenters. The van der Waals surface area contributed by atoms with Gasteiger partial charge in [-0.3, -0.25) is 4.79 Å². The number of hydrogen-bond acceptors (Lipinski definition) is 4. The molecule has 2 aromatic carbocycles. The Balaban J connectivity index is 1.77. The van der Waals surface area contributed by atoms with E-state index in [0.717, 1.165) is 5.56 Å². The van der Waals surface area contributed by atoms with Gasteiger partial charge in [-0.25, -0.2) is 8.42 Å². The second kappa shape index (κ2) is 7.60. The van der Waals surface area contributed by atoms with Crippen molar-refractivity contribution in [2.75, 3.05) is 20.2 Å². The number of Topliss-reactive ketones (excluding diaryl/α,β-unsaturated/α-hetero) is 1. The van der Waals surface area contributed by atoms with Crippen molar-refractivity contribution in [2.45, 2.75) is 24.7 Å². The molecule has 0 bridgehead atoms. The van der Waals surface area contributed by atoms with Crippen LogP contribution in [0.3, 0.4) is 0 Å². The largest absolute Gasteiger partial charge is 0.497 e. The molecule has 5 nitrogen and oxygen atoms in total. The number of benzene rings is 2. The molecule has 0 aromatic heterocycles. The summed E-state index contributed by atoms with van der Waals surface area (Å²) in [6, 6.07) is 13.8. The molecule has 0 spiro atoms. The van der Waals surface area contributed by atoms with Crippen LogP contribution in [0.5, 0.6) is 5.75 Å². The van der Waals surface area contributed by atoms with Gasteiger partial charge in [0.25, 0.3) is 0 Å². The molecule has 0 radical (unpaired) electrons. The highest BCUT2D eigenvalue weighted by molar-refractivity contribution is 7.89. The van der Waals surface area contributed by atoms with Crippen molar-refractivity contribution in [3.63, 3.8) is 0 Å². The molecule has 1 aliphatic rings. The van der Waals surface area contributed by atoms with Crippen LogP contribution in [0.2, 0.25) is 0 Å². The van der Waals surface area contributed by atoms with Gasteiger partial charge in [-0.2, -0.15) is 4.31 Å². The van der Waals surface area contributed by atoms with E-state index in [0.29, 0.717) is 30.7 Å². The van der Waals surface area contributed by atoms with Crippen LogP contribution in [-0.4, -0.2) is 38.7 Å². The third-order valence-corrected chi connectivity index (χ3v) is 6.67. The van der Waals surface area contributed by atoms with E-state index in [4.69, 9.17) is 4.74 Å². The Bertz CT molecular complexity index is 873. The number of hydrogen-bond donors (Lipinski definition) is 0. The van der Waals surface area contributed by atoms with E-state index >= 15 is 0 Å². The molecule has 2 aromatic rings. The van der Waals surface area contributed by atoms with Crippen molar-refractivity contribution in [1.29, 1.82) is 0 Å². The van der Waals surface area contributed by atoms with Crippen LogP contribution in [-0.2, 0) is 10.0 Å². The van der Waals surface area contributed by atoms with Gasteiger partial charge < -0.3 is 4.74 Å². The Morgan fingerprint density at radius 3 is 2.35 bits per heavy atom. The van der Waals surface area contributed by atoms with Crippen LogP contribution < -0.4 is 4.74 Å². The standard InChI is InChI=1S/C20H23NO4S/c1-15-5-11-19(12-6-15)26(23,24)21-13-3-4-17(14-21)20(22)16-7-9-18(25-2)10-8-16/h5-12,17H,3-4,13-14H2,1-2H3. The summed E-state index contributed by atoms with van der Waals surface area (Å²) < 4.78 is 32.3. The molecule has 3 rings (SSSR count). The number of methoxy groups -OCH3 is 1. The number of carbonyl (C=O) groups excluding carboxylic acids is 1. The zero-order valence-corrected chi connectivity index (χ0v) is 15.8. The van der Waals surface area contributed by atoms with Crippen molar-refractivity contribution in [1.82, 2.24) is 4.31 Å². The average Bonchev–Trinajstić information content (AvgIpc) is 2.68. The first-order chi connectivity index (χ1) is 12.4. The zero-order valence-electron chi connectivity index (χ0n) is 15.0. The molecule has 26 heavy (non-hydrogen) atoms. The lowest BCUT2D eigenvalue weighted by atomic mass is 9.91. The summed E-state index contributed by atoms with van der Waals surface area (Å²) in [5, 5.41) is 0. The number of piperidine rings is 1. The van der Waals surface area contributed by atoms with Gasteiger partial charge in [-0.1, -0.05) is 17.7 Å². The van der Waals surface area contributed by atoms with Crippen LogP contribution in [0.15, 0.2) is 53.4 Å². The third kappa shape index (κ3) is 3.81. The minimum atomic E-state index is -3.58. The first kappa shape index (κ1) is 18.6. The van der Waals surface area contributed by atoms with E-state index in [9.17, 15) is 13.2 Å². The molecule has 1 saturated heterocycles. The third-order valence-electron chi connectivity index (χ3n) is 4.79. The van der Waals surface area contributed by atoms with E-state index in [1.165, 1.54) is 4.31 Å². The molecule has 0 aliphatic carbocycles. The summed E-state index contributed by atoms with van der Waals surface area (Å²) in [5.74, 6) is 0.350. The number of sulfonamides is 1. The zero-order chi connectivity index (χ0) is 18.7. The van der Waals surface area contributed by atoms with Gasteiger partial charge in [0.2, 0.25) is 10.0 Å². The number of ketones is 1. The van der Waals surface area contributed by atoms with E-state index in [1.807, 2.05) is 6.92 Å². The van der Waals surface area contributed by atoms with Crippen molar-refractivity contribution < 1.29 is 17.9 Å². The van der Waals surface area contributed by atoms with Gasteiger partial charge in [0, 0.05) is 24.6 Å². The molecule has 1 aliphatic heterocycles. The lowest BCUT2D eigenvalue weighted by Crippen LogP contribution is -2.42. The Kier molecular flexibility index (Phi) is 5.44. The summed E-state index contributed by atoms with van der Waals surface area (Å²) in [6.07, 6.45) is 1.38. The Labute approximate surface area is 154 Å². The molecule has 1 atom stereocenters. The molecule has 0 saturated carbocycles. The molecule has 0 N–H and O–H groups in total. The van der Waals surface area contributed by atoms with E-state index in [-0.39, 0.29) is 23.1 Å². The lowest BCUT2D eigenvalue weighted by molar-refractivity contribution is 0.0872. The summed E-state index contributed by atoms with van der Waals surface area (Å²) >= 11 is 0. The van der Waals surface area contributed by atoms with E-state index in [1.54, 1.807) is 55.6 Å². The highest BCUT2D eigenvalue weighted by Gasteiger charge is 2.33. The number of carbonyl (C=O) groups is 1. The smallest absolute Gasteiger partial charge is 0.243 e. The minimum absolute atomic E-state index is 0.0172. The topological polar surface area (TPSA) is 63.7 Å². The number of ether oxygens (including phenoxy) is 1.